The summed E-state index contributed by atoms with van der Waals surface area (Å²) in [4.78, 5) is 30.0. The van der Waals surface area contributed by atoms with Gasteiger partial charge >= 0.3 is 5.97 Å². The Hall–Kier alpha value is -3.16. The molecule has 0 bridgehead atoms. The fourth-order valence-corrected chi connectivity index (χ4v) is 8.38. The lowest BCUT2D eigenvalue weighted by Crippen LogP contribution is -2.31. The van der Waals surface area contributed by atoms with E-state index in [4.69, 9.17) is 17.0 Å². The number of amides is 1. The van der Waals surface area contributed by atoms with Crippen LogP contribution < -0.4 is 4.90 Å². The second-order valence-corrected chi connectivity index (χ2v) is 14.1. The molecule has 2 aliphatic heterocycles. The molecule has 2 atom stereocenters. The van der Waals surface area contributed by atoms with Crippen molar-refractivity contribution in [1.82, 2.24) is 4.90 Å². The zero-order valence-corrected chi connectivity index (χ0v) is 26.2. The molecular weight excluding hydrogens is 561 g/mol. The number of anilines is 2. The molecule has 2 unspecified atom stereocenters. The van der Waals surface area contributed by atoms with Crippen molar-refractivity contribution in [3.8, 4) is 0 Å². The van der Waals surface area contributed by atoms with Gasteiger partial charge in [-0.25, -0.2) is 0 Å². The molecule has 2 heterocycles. The summed E-state index contributed by atoms with van der Waals surface area (Å²) >= 11 is 6.89. The van der Waals surface area contributed by atoms with Gasteiger partial charge in [0.25, 0.3) is 5.91 Å². The number of carbonyl (C=O) groups is 2. The Morgan fingerprint density at radius 1 is 1.12 bits per heavy atom. The van der Waals surface area contributed by atoms with Gasteiger partial charge in [-0.2, -0.15) is 0 Å². The van der Waals surface area contributed by atoms with Gasteiger partial charge in [-0.05, 0) is 84.6 Å². The van der Waals surface area contributed by atoms with E-state index in [-0.39, 0.29) is 30.3 Å². The average Bonchev–Trinajstić information content (AvgIpc) is 3.63. The van der Waals surface area contributed by atoms with Crippen LogP contribution in [0.1, 0.15) is 76.3 Å². The van der Waals surface area contributed by atoms with Gasteiger partial charge in [0.1, 0.15) is 4.32 Å². The van der Waals surface area contributed by atoms with Gasteiger partial charge < -0.3 is 9.64 Å². The molecule has 42 heavy (non-hydrogen) atoms. The van der Waals surface area contributed by atoms with Crippen molar-refractivity contribution >= 4 is 57.6 Å². The number of hydrogen-bond donors (Lipinski definition) is 0. The van der Waals surface area contributed by atoms with Crippen molar-refractivity contribution in [3.05, 3.63) is 87.9 Å². The number of carbonyl (C=O) groups excluding carboxylic acids is 2. The molecule has 7 heteroatoms. The Morgan fingerprint density at radius 2 is 1.93 bits per heavy atom. The average molecular weight is 599 g/mol. The van der Waals surface area contributed by atoms with E-state index < -0.39 is 0 Å². The molecule has 2 aromatic rings. The fraction of sp³-hybridized carbons (Fsp3) is 0.400. The number of allylic oxidation sites excluding steroid dienone is 4. The third kappa shape index (κ3) is 5.73. The van der Waals surface area contributed by atoms with Gasteiger partial charge in [-0.1, -0.05) is 86.7 Å². The van der Waals surface area contributed by atoms with Crippen LogP contribution in [0.2, 0.25) is 0 Å². The Kier molecular flexibility index (Phi) is 8.16. The smallest absolute Gasteiger partial charge is 0.307 e. The second-order valence-electron chi connectivity index (χ2n) is 12.4. The van der Waals surface area contributed by atoms with Crippen molar-refractivity contribution in [2.45, 2.75) is 71.3 Å². The van der Waals surface area contributed by atoms with E-state index >= 15 is 0 Å². The molecule has 1 saturated heterocycles. The van der Waals surface area contributed by atoms with Crippen molar-refractivity contribution in [2.24, 2.45) is 5.41 Å². The van der Waals surface area contributed by atoms with Gasteiger partial charge in [0.15, 0.2) is 0 Å². The molecule has 218 valence electrons. The first-order chi connectivity index (χ1) is 20.2. The van der Waals surface area contributed by atoms with E-state index in [9.17, 15) is 9.59 Å². The predicted octanol–water partition coefficient (Wildman–Crippen LogP) is 8.30. The normalized spacial score (nSPS) is 24.8. The van der Waals surface area contributed by atoms with Crippen LogP contribution in [-0.2, 0) is 14.3 Å². The van der Waals surface area contributed by atoms with Crippen LogP contribution >= 0.6 is 24.0 Å². The topological polar surface area (TPSA) is 49.9 Å². The Morgan fingerprint density at radius 3 is 2.71 bits per heavy atom. The largest absolute Gasteiger partial charge is 0.466 e. The maximum absolute atomic E-state index is 13.4. The summed E-state index contributed by atoms with van der Waals surface area (Å²) in [6, 6.07) is 18.3. The molecular formula is C35H38N2O3S2. The molecule has 1 saturated carbocycles. The van der Waals surface area contributed by atoms with Crippen LogP contribution in [-0.4, -0.2) is 40.3 Å². The third-order valence-corrected chi connectivity index (χ3v) is 10.2. The first kappa shape index (κ1) is 28.9. The predicted molar refractivity (Wildman–Crippen MR) is 176 cm³/mol. The summed E-state index contributed by atoms with van der Waals surface area (Å²) in [5.74, 6) is 0.168. The van der Waals surface area contributed by atoms with E-state index in [1.807, 2.05) is 0 Å². The van der Waals surface area contributed by atoms with E-state index in [1.165, 1.54) is 59.1 Å². The van der Waals surface area contributed by atoms with E-state index in [0.29, 0.717) is 27.8 Å². The molecule has 5 nitrogen and oxygen atoms in total. The summed E-state index contributed by atoms with van der Waals surface area (Å²) in [7, 11) is 0. The highest BCUT2D eigenvalue weighted by molar-refractivity contribution is 8.26. The van der Waals surface area contributed by atoms with Crippen LogP contribution in [0.15, 0.2) is 76.7 Å². The number of esters is 1. The van der Waals surface area contributed by atoms with Gasteiger partial charge in [0, 0.05) is 29.9 Å². The molecule has 2 fully saturated rings. The molecule has 6 rings (SSSR count). The van der Waals surface area contributed by atoms with Crippen LogP contribution in [0.3, 0.4) is 0 Å². The van der Waals surface area contributed by atoms with Crippen LogP contribution in [0.5, 0.6) is 0 Å². The van der Waals surface area contributed by atoms with Crippen molar-refractivity contribution in [2.75, 3.05) is 18.1 Å². The minimum atomic E-state index is -0.312. The lowest BCUT2D eigenvalue weighted by molar-refractivity contribution is -0.143. The number of hydrogen-bond acceptors (Lipinski definition) is 6. The lowest BCUT2D eigenvalue weighted by atomic mass is 9.75. The summed E-state index contributed by atoms with van der Waals surface area (Å²) in [6.45, 7) is 6.87. The molecule has 1 amide bonds. The minimum Gasteiger partial charge on any atom is -0.466 e. The summed E-state index contributed by atoms with van der Waals surface area (Å²) < 4.78 is 5.54. The van der Waals surface area contributed by atoms with Crippen molar-refractivity contribution < 1.29 is 14.3 Å². The Labute approximate surface area is 258 Å². The van der Waals surface area contributed by atoms with Crippen molar-refractivity contribution in [3.63, 3.8) is 0 Å². The highest BCUT2D eigenvalue weighted by atomic mass is 32.2. The zero-order chi connectivity index (χ0) is 29.4. The quantitative estimate of drug-likeness (QED) is 0.182. The number of rotatable bonds is 7. The molecule has 4 aliphatic rings. The standard InChI is InChI=1S/C35H38N2O3S2/c1-4-40-31(38)17-18-36-33(39)32(42-34(36)41)25-19-24(21-35(2,3)22-25)14-13-23-15-16-30-28(20-23)27-11-8-12-29(27)37(30)26-9-6-5-7-10-26/h5-7,9-10,13-16,19-20,27,29H,4,8,11-12,17-18,21-22H2,1-3H3/b14-13+,32-25-. The number of nitrogens with zero attached hydrogens (tertiary/aromatic N) is 2. The number of benzene rings is 2. The number of ether oxygens (including phenoxy) is 1. The Bertz CT molecular complexity index is 1510. The first-order valence-electron chi connectivity index (χ1n) is 15.0. The number of thioether (sulfide) groups is 1. The molecule has 2 aliphatic carbocycles. The summed E-state index contributed by atoms with van der Waals surface area (Å²) in [5, 5.41) is 0. The monoisotopic (exact) mass is 598 g/mol. The third-order valence-electron chi connectivity index (χ3n) is 8.74. The molecule has 0 radical (unpaired) electrons. The molecule has 0 N–H and O–H groups in total. The van der Waals surface area contributed by atoms with Crippen LogP contribution in [0, 0.1) is 5.41 Å². The SMILES string of the molecule is CCOC(=O)CCN1C(=O)/C(=C2C=C(/C=C/c3ccc4c(c3)C3CCCC3N4c3ccccc3)CC(C)(C)C\2)SC1=S. The highest BCUT2D eigenvalue weighted by Crippen LogP contribution is 2.52. The summed E-state index contributed by atoms with van der Waals surface area (Å²) in [5.41, 5.74) is 7.57. The number of para-hydroxylation sites is 1. The highest BCUT2D eigenvalue weighted by Gasteiger charge is 2.42. The van der Waals surface area contributed by atoms with Crippen LogP contribution in [0.4, 0.5) is 11.4 Å². The van der Waals surface area contributed by atoms with Gasteiger partial charge in [0.05, 0.1) is 17.9 Å². The maximum Gasteiger partial charge on any atom is 0.307 e. The van der Waals surface area contributed by atoms with Crippen molar-refractivity contribution in [1.29, 1.82) is 0 Å². The maximum atomic E-state index is 13.4. The van der Waals surface area contributed by atoms with E-state index in [0.717, 1.165) is 18.4 Å². The van der Waals surface area contributed by atoms with Crippen LogP contribution in [0.25, 0.3) is 6.08 Å². The van der Waals surface area contributed by atoms with E-state index in [1.54, 1.807) is 11.8 Å². The van der Waals surface area contributed by atoms with Gasteiger partial charge in [0.2, 0.25) is 0 Å². The Balaban J connectivity index is 1.24. The second kappa shape index (κ2) is 11.8. The first-order valence-corrected chi connectivity index (χ1v) is 16.3. The number of thiocarbonyl (C=S) groups is 1. The van der Waals surface area contributed by atoms with E-state index in [2.05, 4.69) is 85.5 Å². The number of fused-ring (bicyclic) bond motifs is 3. The summed E-state index contributed by atoms with van der Waals surface area (Å²) in [6.07, 6.45) is 12.3. The lowest BCUT2D eigenvalue weighted by Gasteiger charge is -2.31. The fourth-order valence-electron chi connectivity index (χ4n) is 7.04. The molecule has 0 spiro atoms. The molecule has 0 aromatic heterocycles. The zero-order valence-electron chi connectivity index (χ0n) is 24.6. The minimum absolute atomic E-state index is 0.0166. The van der Waals surface area contributed by atoms with Gasteiger partial charge in [-0.15, -0.1) is 0 Å². The molecule has 2 aromatic carbocycles. The van der Waals surface area contributed by atoms with Gasteiger partial charge in [-0.3, -0.25) is 14.5 Å².